The lowest BCUT2D eigenvalue weighted by molar-refractivity contribution is 0.0903. The second-order valence-electron chi connectivity index (χ2n) is 3.55. The maximum Gasteiger partial charge on any atom is 0.223 e. The highest BCUT2D eigenvalue weighted by atomic mass is 16.5. The molecule has 0 amide bonds. The van der Waals surface area contributed by atoms with E-state index in [1.807, 2.05) is 26.8 Å². The van der Waals surface area contributed by atoms with Gasteiger partial charge in [0.2, 0.25) is 5.95 Å². The third kappa shape index (κ3) is 4.14. The van der Waals surface area contributed by atoms with E-state index in [2.05, 4.69) is 15.3 Å². The number of rotatable bonds is 2. The second-order valence-corrected chi connectivity index (χ2v) is 3.55. The van der Waals surface area contributed by atoms with Crippen molar-refractivity contribution in [3.63, 3.8) is 0 Å². The third-order valence-electron chi connectivity index (χ3n) is 2.35. The molecule has 1 aromatic rings. The number of anilines is 1. The first kappa shape index (κ1) is 12.9. The summed E-state index contributed by atoms with van der Waals surface area (Å²) in [5.41, 5.74) is 0.995. The van der Waals surface area contributed by atoms with Crippen LogP contribution in [0.4, 0.5) is 5.95 Å². The van der Waals surface area contributed by atoms with Crippen LogP contribution in [0.25, 0.3) is 0 Å². The summed E-state index contributed by atoms with van der Waals surface area (Å²) >= 11 is 0. The largest absolute Gasteiger partial charge is 0.381 e. The summed E-state index contributed by atoms with van der Waals surface area (Å²) in [4.78, 5) is 8.47. The van der Waals surface area contributed by atoms with E-state index >= 15 is 0 Å². The SMILES string of the molecule is CC.Cc1ccnc(NC2CCOCC2)n1. The molecule has 16 heavy (non-hydrogen) atoms. The molecule has 1 aliphatic heterocycles. The number of hydrogen-bond acceptors (Lipinski definition) is 4. The average molecular weight is 223 g/mol. The first-order valence-corrected chi connectivity index (χ1v) is 5.98. The van der Waals surface area contributed by atoms with Gasteiger partial charge in [0.15, 0.2) is 0 Å². The zero-order valence-electron chi connectivity index (χ0n) is 10.4. The van der Waals surface area contributed by atoms with Crippen molar-refractivity contribution in [1.29, 1.82) is 0 Å². The minimum atomic E-state index is 0.463. The molecule has 4 nitrogen and oxygen atoms in total. The normalized spacial score (nSPS) is 16.2. The molecular formula is C12H21N3O. The van der Waals surface area contributed by atoms with Crippen LogP contribution in [0.15, 0.2) is 12.3 Å². The van der Waals surface area contributed by atoms with Gasteiger partial charge in [-0.2, -0.15) is 0 Å². The molecule has 90 valence electrons. The number of aromatic nitrogens is 2. The predicted molar refractivity (Wildman–Crippen MR) is 65.6 cm³/mol. The molecule has 1 aromatic heterocycles. The Hall–Kier alpha value is -1.16. The van der Waals surface area contributed by atoms with E-state index in [0.717, 1.165) is 37.7 Å². The molecular weight excluding hydrogens is 202 g/mol. The Balaban J connectivity index is 0.000000606. The lowest BCUT2D eigenvalue weighted by atomic mass is 10.1. The van der Waals surface area contributed by atoms with E-state index in [1.165, 1.54) is 0 Å². The summed E-state index contributed by atoms with van der Waals surface area (Å²) in [6, 6.07) is 2.36. The summed E-state index contributed by atoms with van der Waals surface area (Å²) < 4.78 is 5.28. The summed E-state index contributed by atoms with van der Waals surface area (Å²) in [7, 11) is 0. The lowest BCUT2D eigenvalue weighted by Gasteiger charge is -2.22. The van der Waals surface area contributed by atoms with Gasteiger partial charge in [0.25, 0.3) is 0 Å². The maximum atomic E-state index is 5.28. The molecule has 1 fully saturated rings. The van der Waals surface area contributed by atoms with Crippen LogP contribution in [0.1, 0.15) is 32.4 Å². The van der Waals surface area contributed by atoms with E-state index < -0.39 is 0 Å². The molecule has 0 bridgehead atoms. The number of nitrogens with zero attached hydrogens (tertiary/aromatic N) is 2. The minimum absolute atomic E-state index is 0.463. The van der Waals surface area contributed by atoms with E-state index in [4.69, 9.17) is 4.74 Å². The van der Waals surface area contributed by atoms with Gasteiger partial charge >= 0.3 is 0 Å². The van der Waals surface area contributed by atoms with Gasteiger partial charge in [-0.15, -0.1) is 0 Å². The molecule has 0 spiro atoms. The van der Waals surface area contributed by atoms with Crippen molar-refractivity contribution in [2.24, 2.45) is 0 Å². The lowest BCUT2D eigenvalue weighted by Crippen LogP contribution is -2.28. The molecule has 0 aliphatic carbocycles. The first-order valence-electron chi connectivity index (χ1n) is 5.98. The Labute approximate surface area is 97.5 Å². The number of hydrogen-bond donors (Lipinski definition) is 1. The highest BCUT2D eigenvalue weighted by molar-refractivity contribution is 5.26. The van der Waals surface area contributed by atoms with Crippen molar-refractivity contribution in [3.05, 3.63) is 18.0 Å². The molecule has 1 N–H and O–H groups in total. The highest BCUT2D eigenvalue weighted by Crippen LogP contribution is 2.11. The Bertz CT molecular complexity index is 298. The topological polar surface area (TPSA) is 47.0 Å². The van der Waals surface area contributed by atoms with Crippen molar-refractivity contribution < 1.29 is 4.74 Å². The van der Waals surface area contributed by atoms with Crippen LogP contribution in [0.5, 0.6) is 0 Å². The second kappa shape index (κ2) is 7.17. The fourth-order valence-electron chi connectivity index (χ4n) is 1.54. The third-order valence-corrected chi connectivity index (χ3v) is 2.35. The predicted octanol–water partition coefficient (Wildman–Crippen LogP) is 2.40. The van der Waals surface area contributed by atoms with E-state index in [9.17, 15) is 0 Å². The van der Waals surface area contributed by atoms with Gasteiger partial charge in [-0.3, -0.25) is 0 Å². The van der Waals surface area contributed by atoms with Crippen LogP contribution in [-0.4, -0.2) is 29.2 Å². The summed E-state index contributed by atoms with van der Waals surface area (Å²) in [5, 5.41) is 3.32. The summed E-state index contributed by atoms with van der Waals surface area (Å²) in [5.74, 6) is 0.733. The molecule has 0 aromatic carbocycles. The monoisotopic (exact) mass is 223 g/mol. The fraction of sp³-hybridized carbons (Fsp3) is 0.667. The minimum Gasteiger partial charge on any atom is -0.381 e. The molecule has 0 saturated carbocycles. The number of nitrogens with one attached hydrogen (secondary N) is 1. The molecule has 1 saturated heterocycles. The summed E-state index contributed by atoms with van der Waals surface area (Å²) in [6.45, 7) is 7.64. The van der Waals surface area contributed by atoms with Crippen LogP contribution in [0, 0.1) is 6.92 Å². The number of aryl methyl sites for hydroxylation is 1. The van der Waals surface area contributed by atoms with Crippen LogP contribution < -0.4 is 5.32 Å². The van der Waals surface area contributed by atoms with Crippen molar-refractivity contribution in [3.8, 4) is 0 Å². The quantitative estimate of drug-likeness (QED) is 0.836. The van der Waals surface area contributed by atoms with Crippen molar-refractivity contribution in [1.82, 2.24) is 9.97 Å². The molecule has 1 aliphatic rings. The molecule has 0 atom stereocenters. The van der Waals surface area contributed by atoms with E-state index in [0.29, 0.717) is 6.04 Å². The van der Waals surface area contributed by atoms with Crippen LogP contribution in [-0.2, 0) is 4.74 Å². The first-order chi connectivity index (χ1) is 7.84. The van der Waals surface area contributed by atoms with E-state index in [-0.39, 0.29) is 0 Å². The Kier molecular flexibility index (Phi) is 5.78. The van der Waals surface area contributed by atoms with Crippen molar-refractivity contribution in [2.45, 2.75) is 39.7 Å². The Morgan fingerprint density at radius 1 is 1.31 bits per heavy atom. The smallest absolute Gasteiger partial charge is 0.223 e. The van der Waals surface area contributed by atoms with Crippen LogP contribution in [0.3, 0.4) is 0 Å². The zero-order valence-corrected chi connectivity index (χ0v) is 10.4. The van der Waals surface area contributed by atoms with Gasteiger partial charge in [-0.05, 0) is 25.8 Å². The van der Waals surface area contributed by atoms with Gasteiger partial charge in [-0.25, -0.2) is 9.97 Å². The highest BCUT2D eigenvalue weighted by Gasteiger charge is 2.13. The van der Waals surface area contributed by atoms with Gasteiger partial charge in [-0.1, -0.05) is 13.8 Å². The van der Waals surface area contributed by atoms with Crippen LogP contribution in [0.2, 0.25) is 0 Å². The molecule has 2 rings (SSSR count). The fourth-order valence-corrected chi connectivity index (χ4v) is 1.54. The zero-order chi connectivity index (χ0) is 11.8. The van der Waals surface area contributed by atoms with Crippen molar-refractivity contribution >= 4 is 5.95 Å². The molecule has 4 heteroatoms. The maximum absolute atomic E-state index is 5.28. The van der Waals surface area contributed by atoms with Gasteiger partial charge in [0.05, 0.1) is 0 Å². The van der Waals surface area contributed by atoms with Gasteiger partial charge < -0.3 is 10.1 Å². The van der Waals surface area contributed by atoms with Gasteiger partial charge in [0, 0.05) is 31.1 Å². The summed E-state index contributed by atoms with van der Waals surface area (Å²) in [6.07, 6.45) is 3.86. The van der Waals surface area contributed by atoms with E-state index in [1.54, 1.807) is 6.20 Å². The molecule has 0 unspecified atom stereocenters. The van der Waals surface area contributed by atoms with Gasteiger partial charge in [0.1, 0.15) is 0 Å². The average Bonchev–Trinajstić information content (AvgIpc) is 2.33. The Morgan fingerprint density at radius 2 is 2.00 bits per heavy atom. The van der Waals surface area contributed by atoms with Crippen LogP contribution >= 0.6 is 0 Å². The standard InChI is InChI=1S/C10H15N3O.C2H6/c1-8-2-5-11-10(12-8)13-9-3-6-14-7-4-9;1-2/h2,5,9H,3-4,6-7H2,1H3,(H,11,12,13);1-2H3. The number of ether oxygens (including phenoxy) is 1. The molecule has 2 heterocycles. The molecule has 0 radical (unpaired) electrons. The van der Waals surface area contributed by atoms with Crippen molar-refractivity contribution in [2.75, 3.05) is 18.5 Å². The Morgan fingerprint density at radius 3 is 2.62 bits per heavy atom.